The highest BCUT2D eigenvalue weighted by molar-refractivity contribution is 9.10. The second-order valence-corrected chi connectivity index (χ2v) is 6.33. The normalized spacial score (nSPS) is 11.4. The average molecular weight is 425 g/mol. The summed E-state index contributed by atoms with van der Waals surface area (Å²) in [5.41, 5.74) is -1.00. The Bertz CT molecular complexity index is 954. The minimum absolute atomic E-state index is 0.152. The van der Waals surface area contributed by atoms with Gasteiger partial charge in [0.2, 0.25) is 0 Å². The second kappa shape index (κ2) is 6.91. The number of carbonyl (C=O) groups is 1. The summed E-state index contributed by atoms with van der Waals surface area (Å²) in [7, 11) is 0. The van der Waals surface area contributed by atoms with E-state index in [-0.39, 0.29) is 17.1 Å². The van der Waals surface area contributed by atoms with Crippen LogP contribution in [-0.4, -0.2) is 20.7 Å². The van der Waals surface area contributed by atoms with Gasteiger partial charge in [0.25, 0.3) is 5.91 Å². The molecular weight excluding hydrogens is 413 g/mol. The minimum atomic E-state index is -4.65. The highest BCUT2D eigenvalue weighted by Crippen LogP contribution is 2.38. The van der Waals surface area contributed by atoms with Crippen molar-refractivity contribution in [2.24, 2.45) is 0 Å². The van der Waals surface area contributed by atoms with Crippen molar-refractivity contribution in [2.45, 2.75) is 13.1 Å². The monoisotopic (exact) mass is 424 g/mol. The van der Waals surface area contributed by atoms with Crippen LogP contribution in [0.25, 0.3) is 5.69 Å². The van der Waals surface area contributed by atoms with E-state index in [4.69, 9.17) is 0 Å². The Kier molecular flexibility index (Phi) is 4.82. The van der Waals surface area contributed by atoms with E-state index >= 15 is 0 Å². The molecule has 134 valence electrons. The summed E-state index contributed by atoms with van der Waals surface area (Å²) < 4.78 is 42.6. The summed E-state index contributed by atoms with van der Waals surface area (Å²) in [5.74, 6) is -0.690. The number of hydrogen-bond donors (Lipinski definition) is 1. The molecule has 1 aromatic carbocycles. The molecule has 0 unspecified atom stereocenters. The van der Waals surface area contributed by atoms with E-state index in [0.717, 1.165) is 10.9 Å². The Morgan fingerprint density at radius 2 is 1.88 bits per heavy atom. The lowest BCUT2D eigenvalue weighted by atomic mass is 10.1. The van der Waals surface area contributed by atoms with Gasteiger partial charge in [0.15, 0.2) is 0 Å². The number of hydrogen-bond acceptors (Lipinski definition) is 3. The lowest BCUT2D eigenvalue weighted by Crippen LogP contribution is -2.19. The van der Waals surface area contributed by atoms with Crippen LogP contribution < -0.4 is 5.32 Å². The Morgan fingerprint density at radius 1 is 1.19 bits per heavy atom. The van der Waals surface area contributed by atoms with Gasteiger partial charge in [0.1, 0.15) is 5.82 Å². The molecule has 2 heterocycles. The highest BCUT2D eigenvalue weighted by Gasteiger charge is 2.37. The van der Waals surface area contributed by atoms with E-state index in [1.165, 1.54) is 19.3 Å². The second-order valence-electron chi connectivity index (χ2n) is 5.41. The first-order chi connectivity index (χ1) is 12.3. The number of rotatable bonds is 3. The van der Waals surface area contributed by atoms with Crippen molar-refractivity contribution < 1.29 is 18.0 Å². The Hall–Kier alpha value is -2.68. The van der Waals surface area contributed by atoms with Gasteiger partial charge in [-0.25, -0.2) is 9.67 Å². The molecule has 2 aromatic heterocycles. The van der Waals surface area contributed by atoms with E-state index in [2.05, 4.69) is 31.3 Å². The average Bonchev–Trinajstić information content (AvgIpc) is 3.02. The highest BCUT2D eigenvalue weighted by atomic mass is 79.9. The molecular formula is C17H12BrF3N4O. The summed E-state index contributed by atoms with van der Waals surface area (Å²) in [6, 6.07) is 8.18. The fourth-order valence-corrected chi connectivity index (χ4v) is 2.74. The molecule has 26 heavy (non-hydrogen) atoms. The molecule has 0 saturated heterocycles. The number of halogens is 4. The maximum Gasteiger partial charge on any atom is 0.418 e. The number of pyridine rings is 1. The maximum absolute atomic E-state index is 13.6. The smallest absolute Gasteiger partial charge is 0.306 e. The van der Waals surface area contributed by atoms with Crippen molar-refractivity contribution in [3.8, 4) is 5.69 Å². The summed E-state index contributed by atoms with van der Waals surface area (Å²) in [4.78, 5) is 16.2. The van der Waals surface area contributed by atoms with Crippen molar-refractivity contribution in [1.82, 2.24) is 14.8 Å². The summed E-state index contributed by atoms with van der Waals surface area (Å²) in [5, 5.41) is 6.32. The number of amides is 1. The van der Waals surface area contributed by atoms with E-state index in [9.17, 15) is 18.0 Å². The van der Waals surface area contributed by atoms with E-state index in [1.807, 2.05) is 0 Å². The van der Waals surface area contributed by atoms with Crippen LogP contribution in [0.2, 0.25) is 0 Å². The number of carbonyl (C=O) groups excluding carboxylic acids is 1. The lowest BCUT2D eigenvalue weighted by molar-refractivity contribution is -0.138. The molecule has 0 fully saturated rings. The summed E-state index contributed by atoms with van der Waals surface area (Å²) in [6.45, 7) is 1.26. The van der Waals surface area contributed by atoms with Crippen molar-refractivity contribution in [1.29, 1.82) is 0 Å². The van der Waals surface area contributed by atoms with Crippen LogP contribution >= 0.6 is 15.9 Å². The van der Waals surface area contributed by atoms with Crippen LogP contribution in [0.1, 0.15) is 21.5 Å². The molecule has 0 atom stereocenters. The number of nitrogens with one attached hydrogen (secondary N) is 1. The number of anilines is 1. The molecule has 1 N–H and O–H groups in total. The van der Waals surface area contributed by atoms with Crippen molar-refractivity contribution in [3.05, 3.63) is 70.1 Å². The van der Waals surface area contributed by atoms with Gasteiger partial charge in [0, 0.05) is 17.3 Å². The summed E-state index contributed by atoms with van der Waals surface area (Å²) in [6.07, 6.45) is -0.836. The first-order valence-corrected chi connectivity index (χ1v) is 8.20. The molecule has 3 rings (SSSR count). The SMILES string of the molecule is Cc1c(NC(=O)c2ccccc2)ncc(-n2cc(Br)cn2)c1C(F)(F)F. The van der Waals surface area contributed by atoms with Gasteiger partial charge >= 0.3 is 6.18 Å². The van der Waals surface area contributed by atoms with Crippen molar-refractivity contribution in [2.75, 3.05) is 5.32 Å². The Morgan fingerprint density at radius 3 is 2.46 bits per heavy atom. The third kappa shape index (κ3) is 3.62. The topological polar surface area (TPSA) is 59.8 Å². The number of benzene rings is 1. The Balaban J connectivity index is 2.05. The zero-order valence-corrected chi connectivity index (χ0v) is 15.0. The fourth-order valence-electron chi connectivity index (χ4n) is 2.46. The number of nitrogens with zero attached hydrogens (tertiary/aromatic N) is 3. The van der Waals surface area contributed by atoms with Crippen LogP contribution in [-0.2, 0) is 6.18 Å². The molecule has 0 radical (unpaired) electrons. The van der Waals surface area contributed by atoms with Crippen LogP contribution in [0.15, 0.2) is 53.4 Å². The number of alkyl halides is 3. The van der Waals surface area contributed by atoms with Gasteiger partial charge < -0.3 is 5.32 Å². The minimum Gasteiger partial charge on any atom is -0.306 e. The Labute approximate surface area is 155 Å². The fraction of sp³-hybridized carbons (Fsp3) is 0.118. The predicted molar refractivity (Wildman–Crippen MR) is 93.2 cm³/mol. The molecule has 9 heteroatoms. The van der Waals surface area contributed by atoms with Crippen LogP contribution in [0.3, 0.4) is 0 Å². The van der Waals surface area contributed by atoms with Crippen molar-refractivity contribution >= 4 is 27.7 Å². The van der Waals surface area contributed by atoms with Gasteiger partial charge in [0.05, 0.1) is 28.1 Å². The van der Waals surface area contributed by atoms with Crippen LogP contribution in [0.5, 0.6) is 0 Å². The predicted octanol–water partition coefficient (Wildman–Crippen LogP) is 4.61. The van der Waals surface area contributed by atoms with E-state index in [1.54, 1.807) is 30.3 Å². The standard InChI is InChI=1S/C17H12BrF3N4O/c1-10-14(17(19,20)21)13(25-9-12(18)7-23-25)8-22-15(10)24-16(26)11-5-3-2-4-6-11/h2-9H,1H3,(H,22,24,26). The lowest BCUT2D eigenvalue weighted by Gasteiger charge is -2.18. The molecule has 1 amide bonds. The van der Waals surface area contributed by atoms with Gasteiger partial charge in [-0.15, -0.1) is 0 Å². The number of aromatic nitrogens is 3. The first-order valence-electron chi connectivity index (χ1n) is 7.41. The zero-order valence-electron chi connectivity index (χ0n) is 13.4. The van der Waals surface area contributed by atoms with E-state index < -0.39 is 17.6 Å². The molecule has 0 aliphatic carbocycles. The molecule has 0 aliphatic heterocycles. The van der Waals surface area contributed by atoms with Gasteiger partial charge in [-0.2, -0.15) is 18.3 Å². The third-order valence-electron chi connectivity index (χ3n) is 3.65. The van der Waals surface area contributed by atoms with E-state index in [0.29, 0.717) is 10.0 Å². The van der Waals surface area contributed by atoms with Gasteiger partial charge in [-0.1, -0.05) is 18.2 Å². The summed E-state index contributed by atoms with van der Waals surface area (Å²) >= 11 is 3.15. The molecule has 0 aliphatic rings. The maximum atomic E-state index is 13.6. The third-order valence-corrected chi connectivity index (χ3v) is 4.06. The molecule has 0 bridgehead atoms. The molecule has 0 spiro atoms. The largest absolute Gasteiger partial charge is 0.418 e. The molecule has 3 aromatic rings. The van der Waals surface area contributed by atoms with Gasteiger partial charge in [-0.05, 0) is 35.0 Å². The molecule has 5 nitrogen and oxygen atoms in total. The zero-order chi connectivity index (χ0) is 18.9. The van der Waals surface area contributed by atoms with Crippen LogP contribution in [0, 0.1) is 6.92 Å². The van der Waals surface area contributed by atoms with Crippen LogP contribution in [0.4, 0.5) is 19.0 Å². The van der Waals surface area contributed by atoms with Gasteiger partial charge in [-0.3, -0.25) is 4.79 Å². The van der Waals surface area contributed by atoms with Crippen molar-refractivity contribution in [3.63, 3.8) is 0 Å². The first kappa shape index (κ1) is 18.1. The quantitative estimate of drug-likeness (QED) is 0.667. The molecule has 0 saturated carbocycles.